The van der Waals surface area contributed by atoms with Crippen LogP contribution in [0.4, 0.5) is 4.79 Å². The van der Waals surface area contributed by atoms with Gasteiger partial charge in [-0.15, -0.1) is 0 Å². The summed E-state index contributed by atoms with van der Waals surface area (Å²) in [7, 11) is 0. The third-order valence-corrected chi connectivity index (χ3v) is 4.45. The van der Waals surface area contributed by atoms with Crippen LogP contribution in [0.5, 0.6) is 0 Å². The number of Topliss-reactive ketones (excluding diaryl/α,β-unsaturated/α-hetero) is 2. The second-order valence-corrected chi connectivity index (χ2v) is 7.86. The maximum absolute atomic E-state index is 12.4. The third kappa shape index (κ3) is 5.39. The minimum Gasteiger partial charge on any atom is -0.480 e. The summed E-state index contributed by atoms with van der Waals surface area (Å²) in [6.07, 6.45) is 0.347. The van der Waals surface area contributed by atoms with E-state index in [1.165, 1.54) is 12.1 Å². The summed E-state index contributed by atoms with van der Waals surface area (Å²) >= 11 is 0. The molecule has 1 fully saturated rings. The second-order valence-electron chi connectivity index (χ2n) is 7.86. The molecular formula is C20H25NO7. The van der Waals surface area contributed by atoms with Crippen molar-refractivity contribution >= 4 is 23.6 Å². The number of hydrogen-bond donors (Lipinski definition) is 2. The van der Waals surface area contributed by atoms with Gasteiger partial charge in [-0.05, 0) is 39.2 Å². The number of carboxylic acids is 1. The summed E-state index contributed by atoms with van der Waals surface area (Å²) < 4.78 is 4.98. The van der Waals surface area contributed by atoms with E-state index in [2.05, 4.69) is 0 Å². The van der Waals surface area contributed by atoms with Gasteiger partial charge in [-0.1, -0.05) is 24.3 Å². The van der Waals surface area contributed by atoms with Crippen LogP contribution in [0.2, 0.25) is 0 Å². The summed E-state index contributed by atoms with van der Waals surface area (Å²) in [4.78, 5) is 47.6. The highest BCUT2D eigenvalue weighted by atomic mass is 16.6. The number of hydroxylamine groups is 2. The molecule has 8 heteroatoms. The fourth-order valence-electron chi connectivity index (χ4n) is 3.04. The average Bonchev–Trinajstić information content (AvgIpc) is 3.03. The molecule has 1 aliphatic carbocycles. The van der Waals surface area contributed by atoms with Crippen LogP contribution >= 0.6 is 0 Å². The number of nitrogens with zero attached hydrogens (tertiary/aromatic N) is 1. The Morgan fingerprint density at radius 3 is 2.29 bits per heavy atom. The quantitative estimate of drug-likeness (QED) is 0.331. The van der Waals surface area contributed by atoms with Crippen molar-refractivity contribution in [1.82, 2.24) is 5.06 Å². The van der Waals surface area contributed by atoms with E-state index in [0.29, 0.717) is 30.4 Å². The van der Waals surface area contributed by atoms with Crippen molar-refractivity contribution in [2.75, 3.05) is 0 Å². The summed E-state index contributed by atoms with van der Waals surface area (Å²) in [6, 6.07) is 4.60. The Bertz CT molecular complexity index is 764. The van der Waals surface area contributed by atoms with Crippen molar-refractivity contribution in [3.8, 4) is 0 Å². The number of aliphatic carboxylic acids is 1. The molecule has 2 unspecified atom stereocenters. The molecule has 0 bridgehead atoms. The van der Waals surface area contributed by atoms with E-state index < -0.39 is 29.6 Å². The molecule has 0 spiro atoms. The molecule has 2 N–H and O–H groups in total. The van der Waals surface area contributed by atoms with Crippen molar-refractivity contribution in [2.45, 2.75) is 58.1 Å². The average molecular weight is 391 g/mol. The van der Waals surface area contributed by atoms with E-state index in [9.17, 15) is 29.5 Å². The minimum atomic E-state index is -1.55. The zero-order valence-corrected chi connectivity index (χ0v) is 16.2. The van der Waals surface area contributed by atoms with Crippen LogP contribution in [0.25, 0.3) is 0 Å². The largest absolute Gasteiger partial charge is 0.480 e. The minimum absolute atomic E-state index is 0.0479. The molecule has 1 aliphatic rings. The first-order valence-corrected chi connectivity index (χ1v) is 9.09. The smallest absolute Gasteiger partial charge is 0.435 e. The Morgan fingerprint density at radius 2 is 1.82 bits per heavy atom. The Kier molecular flexibility index (Phi) is 6.56. The van der Waals surface area contributed by atoms with Gasteiger partial charge >= 0.3 is 12.1 Å². The van der Waals surface area contributed by atoms with Gasteiger partial charge in [0, 0.05) is 18.4 Å². The molecule has 2 rings (SSSR count). The SMILES string of the molecule is CC(C)(C)OC(=O)N(O)C(Cc1ccc(C(=O)C2CCCC2=O)cc1)C(=O)O. The molecule has 1 aromatic carbocycles. The van der Waals surface area contributed by atoms with E-state index in [-0.39, 0.29) is 23.1 Å². The van der Waals surface area contributed by atoms with Crippen LogP contribution in [-0.4, -0.2) is 50.6 Å². The van der Waals surface area contributed by atoms with Crippen molar-refractivity contribution in [3.05, 3.63) is 35.4 Å². The predicted molar refractivity (Wildman–Crippen MR) is 98.1 cm³/mol. The fourth-order valence-corrected chi connectivity index (χ4v) is 3.04. The van der Waals surface area contributed by atoms with Crippen molar-refractivity contribution in [3.63, 3.8) is 0 Å². The summed E-state index contributed by atoms with van der Waals surface area (Å²) in [5.41, 5.74) is -0.00552. The van der Waals surface area contributed by atoms with E-state index in [4.69, 9.17) is 4.74 Å². The van der Waals surface area contributed by atoms with Gasteiger partial charge in [-0.3, -0.25) is 14.8 Å². The van der Waals surface area contributed by atoms with Crippen LogP contribution in [-0.2, 0) is 20.7 Å². The molecule has 28 heavy (non-hydrogen) atoms. The molecule has 0 saturated heterocycles. The van der Waals surface area contributed by atoms with Crippen molar-refractivity contribution < 1.29 is 34.2 Å². The molecule has 2 atom stereocenters. The maximum Gasteiger partial charge on any atom is 0.435 e. The topological polar surface area (TPSA) is 121 Å². The highest BCUT2D eigenvalue weighted by Crippen LogP contribution is 2.25. The lowest BCUT2D eigenvalue weighted by molar-refractivity contribution is -0.164. The summed E-state index contributed by atoms with van der Waals surface area (Å²) in [5.74, 6) is -2.28. The first-order chi connectivity index (χ1) is 13.0. The Labute approximate surface area is 163 Å². The Hall–Kier alpha value is -2.74. The fraction of sp³-hybridized carbons (Fsp3) is 0.500. The lowest BCUT2D eigenvalue weighted by Gasteiger charge is -2.26. The van der Waals surface area contributed by atoms with Gasteiger partial charge in [0.1, 0.15) is 11.4 Å². The van der Waals surface area contributed by atoms with Crippen LogP contribution in [0.3, 0.4) is 0 Å². The summed E-state index contributed by atoms with van der Waals surface area (Å²) in [5, 5.41) is 19.4. The third-order valence-electron chi connectivity index (χ3n) is 4.45. The van der Waals surface area contributed by atoms with Gasteiger partial charge in [0.05, 0.1) is 5.92 Å². The number of rotatable bonds is 6. The summed E-state index contributed by atoms with van der Waals surface area (Å²) in [6.45, 7) is 4.79. The second kappa shape index (κ2) is 8.52. The first kappa shape index (κ1) is 21.6. The molecule has 1 saturated carbocycles. The number of benzene rings is 1. The molecule has 1 amide bonds. The predicted octanol–water partition coefficient (Wildman–Crippen LogP) is 2.86. The van der Waals surface area contributed by atoms with Gasteiger partial charge < -0.3 is 9.84 Å². The maximum atomic E-state index is 12.4. The number of ketones is 2. The highest BCUT2D eigenvalue weighted by molar-refractivity contribution is 6.11. The Balaban J connectivity index is 2.09. The van der Waals surface area contributed by atoms with E-state index in [1.54, 1.807) is 32.9 Å². The van der Waals surface area contributed by atoms with Crippen LogP contribution in [0.15, 0.2) is 24.3 Å². The number of hydrogen-bond acceptors (Lipinski definition) is 6. The van der Waals surface area contributed by atoms with Gasteiger partial charge in [-0.2, -0.15) is 5.06 Å². The molecule has 0 radical (unpaired) electrons. The van der Waals surface area contributed by atoms with Gasteiger partial charge in [-0.25, -0.2) is 9.59 Å². The standard InChI is InChI=1S/C20H25NO7/c1-20(2,3)28-19(26)21(27)15(18(24)25)11-12-7-9-13(10-8-12)17(23)14-5-4-6-16(14)22/h7-10,14-15,27H,4-6,11H2,1-3H3,(H,24,25). The number of carbonyl (C=O) groups excluding carboxylic acids is 3. The van der Waals surface area contributed by atoms with Crippen molar-refractivity contribution in [2.24, 2.45) is 5.92 Å². The van der Waals surface area contributed by atoms with Crippen LogP contribution in [0.1, 0.15) is 56.0 Å². The molecule has 8 nitrogen and oxygen atoms in total. The zero-order chi connectivity index (χ0) is 21.1. The molecule has 1 aromatic rings. The van der Waals surface area contributed by atoms with Crippen LogP contribution < -0.4 is 0 Å². The van der Waals surface area contributed by atoms with Gasteiger partial charge in [0.2, 0.25) is 0 Å². The highest BCUT2D eigenvalue weighted by Gasteiger charge is 2.33. The lowest BCUT2D eigenvalue weighted by atomic mass is 9.94. The zero-order valence-electron chi connectivity index (χ0n) is 16.2. The molecule has 0 aromatic heterocycles. The van der Waals surface area contributed by atoms with Gasteiger partial charge in [0.15, 0.2) is 11.8 Å². The van der Waals surface area contributed by atoms with Crippen LogP contribution in [0, 0.1) is 5.92 Å². The molecule has 0 heterocycles. The van der Waals surface area contributed by atoms with E-state index in [0.717, 1.165) is 0 Å². The molecule has 152 valence electrons. The number of carbonyl (C=O) groups is 4. The lowest BCUT2D eigenvalue weighted by Crippen LogP contribution is -2.46. The first-order valence-electron chi connectivity index (χ1n) is 9.09. The molecular weight excluding hydrogens is 366 g/mol. The van der Waals surface area contributed by atoms with Crippen molar-refractivity contribution in [1.29, 1.82) is 0 Å². The van der Waals surface area contributed by atoms with E-state index >= 15 is 0 Å². The monoisotopic (exact) mass is 391 g/mol. The normalized spacial score (nSPS) is 17.9. The van der Waals surface area contributed by atoms with E-state index in [1.807, 2.05) is 0 Å². The number of amides is 1. The Morgan fingerprint density at radius 1 is 1.21 bits per heavy atom. The molecule has 0 aliphatic heterocycles. The van der Waals surface area contributed by atoms with Gasteiger partial charge in [0.25, 0.3) is 0 Å². The number of carboxylic acid groups (broad SMARTS) is 1. The number of ether oxygens (including phenoxy) is 1.